The zero-order chi connectivity index (χ0) is 14.8. The van der Waals surface area contributed by atoms with Gasteiger partial charge in [0.15, 0.2) is 0 Å². The first-order chi connectivity index (χ1) is 9.41. The van der Waals surface area contributed by atoms with Crippen LogP contribution in [-0.2, 0) is 6.54 Å². The molecule has 0 fully saturated rings. The van der Waals surface area contributed by atoms with Crippen LogP contribution in [0.15, 0.2) is 28.7 Å². The normalized spacial score (nSPS) is 11.9. The summed E-state index contributed by atoms with van der Waals surface area (Å²) in [5.74, 6) is -1.06. The number of benzene rings is 1. The van der Waals surface area contributed by atoms with E-state index in [1.54, 1.807) is 6.07 Å². The molecule has 0 radical (unpaired) electrons. The molecule has 2 aromatic rings. The van der Waals surface area contributed by atoms with E-state index >= 15 is 0 Å². The highest BCUT2D eigenvalue weighted by Gasteiger charge is 2.15. The van der Waals surface area contributed by atoms with Gasteiger partial charge in [-0.3, -0.25) is 0 Å². The summed E-state index contributed by atoms with van der Waals surface area (Å²) in [4.78, 5) is 10.9. The van der Waals surface area contributed by atoms with Gasteiger partial charge in [0.25, 0.3) is 0 Å². The summed E-state index contributed by atoms with van der Waals surface area (Å²) in [7, 11) is 0. The van der Waals surface area contributed by atoms with Crippen molar-refractivity contribution >= 4 is 28.7 Å². The number of thioether (sulfide) groups is 1. The van der Waals surface area contributed by atoms with Crippen LogP contribution in [0.2, 0.25) is 0 Å². The second-order valence-corrected chi connectivity index (χ2v) is 6.87. The van der Waals surface area contributed by atoms with Gasteiger partial charge in [-0.25, -0.2) is 4.79 Å². The maximum Gasteiger partial charge on any atom is 0.371 e. The minimum absolute atomic E-state index is 0.0198. The minimum atomic E-state index is -1.04. The molecule has 0 unspecified atom stereocenters. The maximum absolute atomic E-state index is 10.9. The van der Waals surface area contributed by atoms with Crippen molar-refractivity contribution in [3.63, 3.8) is 0 Å². The lowest BCUT2D eigenvalue weighted by molar-refractivity contribution is 0.0665. The Morgan fingerprint density at radius 2 is 2.15 bits per heavy atom. The molecule has 0 aliphatic heterocycles. The van der Waals surface area contributed by atoms with Crippen molar-refractivity contribution < 1.29 is 14.3 Å². The fourth-order valence-corrected chi connectivity index (χ4v) is 2.13. The standard InChI is InChI=1S/C15H19NO3S/c1-15(2,20-3)9-16-8-10-4-5-12-11(6-10)7-13(19-12)14(17)18/h4-7,16H,8-9H2,1-3H3,(H,17,18). The molecule has 108 valence electrons. The van der Waals surface area contributed by atoms with Gasteiger partial charge in [0, 0.05) is 23.2 Å². The quantitative estimate of drug-likeness (QED) is 0.855. The molecular formula is C15H19NO3S. The van der Waals surface area contributed by atoms with Crippen LogP contribution in [0.3, 0.4) is 0 Å². The van der Waals surface area contributed by atoms with Crippen molar-refractivity contribution in [1.82, 2.24) is 5.32 Å². The Labute approximate surface area is 122 Å². The summed E-state index contributed by atoms with van der Waals surface area (Å²) < 4.78 is 5.44. The smallest absolute Gasteiger partial charge is 0.371 e. The third kappa shape index (κ3) is 3.55. The number of carbonyl (C=O) groups is 1. The first-order valence-corrected chi connectivity index (χ1v) is 7.65. The molecule has 0 bridgehead atoms. The predicted octanol–water partition coefficient (Wildman–Crippen LogP) is 3.36. The fourth-order valence-electron chi connectivity index (χ4n) is 1.89. The molecule has 1 aromatic heterocycles. The molecule has 1 aromatic carbocycles. The molecule has 0 aliphatic rings. The lowest BCUT2D eigenvalue weighted by Crippen LogP contribution is -2.31. The van der Waals surface area contributed by atoms with E-state index in [0.29, 0.717) is 5.58 Å². The highest BCUT2D eigenvalue weighted by atomic mass is 32.2. The number of carboxylic acid groups (broad SMARTS) is 1. The van der Waals surface area contributed by atoms with E-state index in [4.69, 9.17) is 9.52 Å². The van der Waals surface area contributed by atoms with Crippen molar-refractivity contribution in [2.45, 2.75) is 25.1 Å². The third-order valence-electron chi connectivity index (χ3n) is 3.22. The van der Waals surface area contributed by atoms with Crippen LogP contribution in [0.25, 0.3) is 11.0 Å². The number of furan rings is 1. The van der Waals surface area contributed by atoms with E-state index in [1.807, 2.05) is 30.0 Å². The van der Waals surface area contributed by atoms with E-state index in [-0.39, 0.29) is 10.5 Å². The second kappa shape index (κ2) is 5.89. The van der Waals surface area contributed by atoms with Crippen LogP contribution >= 0.6 is 11.8 Å². The van der Waals surface area contributed by atoms with Gasteiger partial charge in [-0.2, -0.15) is 11.8 Å². The van der Waals surface area contributed by atoms with Crippen LogP contribution < -0.4 is 5.32 Å². The molecule has 5 heteroatoms. The average Bonchev–Trinajstić information content (AvgIpc) is 2.82. The molecule has 4 nitrogen and oxygen atoms in total. The van der Waals surface area contributed by atoms with Crippen molar-refractivity contribution in [2.75, 3.05) is 12.8 Å². The highest BCUT2D eigenvalue weighted by molar-refractivity contribution is 7.99. The molecule has 2 rings (SSSR count). The second-order valence-electron chi connectivity index (χ2n) is 5.36. The zero-order valence-corrected chi connectivity index (χ0v) is 12.7. The lowest BCUT2D eigenvalue weighted by atomic mass is 10.1. The monoisotopic (exact) mass is 293 g/mol. The zero-order valence-electron chi connectivity index (χ0n) is 11.9. The van der Waals surface area contributed by atoms with Crippen LogP contribution in [0.4, 0.5) is 0 Å². The number of fused-ring (bicyclic) bond motifs is 1. The molecule has 20 heavy (non-hydrogen) atoms. The lowest BCUT2D eigenvalue weighted by Gasteiger charge is -2.22. The largest absolute Gasteiger partial charge is 0.475 e. The van der Waals surface area contributed by atoms with Gasteiger partial charge in [0.2, 0.25) is 5.76 Å². The molecule has 0 atom stereocenters. The van der Waals surface area contributed by atoms with E-state index in [0.717, 1.165) is 24.0 Å². The van der Waals surface area contributed by atoms with Gasteiger partial charge < -0.3 is 14.8 Å². The minimum Gasteiger partial charge on any atom is -0.475 e. The van der Waals surface area contributed by atoms with E-state index in [9.17, 15) is 4.79 Å². The molecule has 0 amide bonds. The first kappa shape index (κ1) is 14.9. The van der Waals surface area contributed by atoms with E-state index in [2.05, 4.69) is 25.4 Å². The van der Waals surface area contributed by atoms with Crippen molar-refractivity contribution in [2.24, 2.45) is 0 Å². The molecule has 0 saturated carbocycles. The van der Waals surface area contributed by atoms with Crippen LogP contribution in [0.5, 0.6) is 0 Å². The summed E-state index contributed by atoms with van der Waals surface area (Å²) in [5, 5.41) is 13.1. The Bertz CT molecular complexity index is 619. The van der Waals surface area contributed by atoms with Crippen molar-refractivity contribution in [3.8, 4) is 0 Å². The topological polar surface area (TPSA) is 62.5 Å². The summed E-state index contributed by atoms with van der Waals surface area (Å²) in [6.45, 7) is 6.07. The van der Waals surface area contributed by atoms with E-state index < -0.39 is 5.97 Å². The molecule has 0 spiro atoms. The van der Waals surface area contributed by atoms with Crippen LogP contribution in [0.1, 0.15) is 30.0 Å². The molecule has 1 heterocycles. The fraction of sp³-hybridized carbons (Fsp3) is 0.400. The Hall–Kier alpha value is -1.46. The number of aromatic carboxylic acids is 1. The van der Waals surface area contributed by atoms with Crippen LogP contribution in [0, 0.1) is 0 Å². The number of nitrogens with one attached hydrogen (secondary N) is 1. The number of carboxylic acids is 1. The molecule has 2 N–H and O–H groups in total. The first-order valence-electron chi connectivity index (χ1n) is 6.43. The Balaban J connectivity index is 2.06. The third-order valence-corrected chi connectivity index (χ3v) is 4.47. The number of hydrogen-bond acceptors (Lipinski definition) is 4. The average molecular weight is 293 g/mol. The van der Waals surface area contributed by atoms with Gasteiger partial charge in [-0.15, -0.1) is 0 Å². The van der Waals surface area contributed by atoms with Gasteiger partial charge in [0.1, 0.15) is 5.58 Å². The van der Waals surface area contributed by atoms with Gasteiger partial charge in [-0.05, 0) is 43.9 Å². The Kier molecular flexibility index (Phi) is 4.40. The predicted molar refractivity (Wildman–Crippen MR) is 82.5 cm³/mol. The molecule has 0 aliphatic carbocycles. The van der Waals surface area contributed by atoms with Crippen LogP contribution in [-0.4, -0.2) is 28.6 Å². The SMILES string of the molecule is CSC(C)(C)CNCc1ccc2oc(C(=O)O)cc2c1. The Morgan fingerprint density at radius 1 is 1.40 bits per heavy atom. The van der Waals surface area contributed by atoms with E-state index in [1.165, 1.54) is 0 Å². The maximum atomic E-state index is 10.9. The number of hydrogen-bond donors (Lipinski definition) is 2. The molecular weight excluding hydrogens is 274 g/mol. The van der Waals surface area contributed by atoms with Gasteiger partial charge in [0.05, 0.1) is 0 Å². The van der Waals surface area contributed by atoms with Crippen molar-refractivity contribution in [1.29, 1.82) is 0 Å². The summed E-state index contributed by atoms with van der Waals surface area (Å²) in [6.07, 6.45) is 2.10. The van der Waals surface area contributed by atoms with Gasteiger partial charge in [-0.1, -0.05) is 6.07 Å². The van der Waals surface area contributed by atoms with Gasteiger partial charge >= 0.3 is 5.97 Å². The summed E-state index contributed by atoms with van der Waals surface area (Å²) in [5.41, 5.74) is 1.72. The summed E-state index contributed by atoms with van der Waals surface area (Å²) >= 11 is 1.83. The summed E-state index contributed by atoms with van der Waals surface area (Å²) in [6, 6.07) is 7.30. The number of rotatable bonds is 6. The molecule has 0 saturated heterocycles. The van der Waals surface area contributed by atoms with Crippen molar-refractivity contribution in [3.05, 3.63) is 35.6 Å². The highest BCUT2D eigenvalue weighted by Crippen LogP contribution is 2.22. The Morgan fingerprint density at radius 3 is 2.80 bits per heavy atom.